The standard InChI is InChI=1S/C48H39N/c1-4-33-23-25-36(26-24-33)49(37-28-30-44-42(31-37)40-20-11-13-21-43(40)47(44,2)3)38-27-29-41-39-19-12-14-22-45(39)48(46(41)32-38,34-15-7-5-8-16-34)35-17-9-6-10-18-35/h5-32H,4H2,1-3H3/i4D2. The first kappa shape index (κ1) is 27.3. The van der Waals surface area contributed by atoms with Crippen LogP contribution in [0.2, 0.25) is 0 Å². The molecular formula is C48H39N. The highest BCUT2D eigenvalue weighted by molar-refractivity contribution is 5.91. The Kier molecular flexibility index (Phi) is 6.25. The Morgan fingerprint density at radius 2 is 0.939 bits per heavy atom. The minimum Gasteiger partial charge on any atom is -0.310 e. The summed E-state index contributed by atoms with van der Waals surface area (Å²) in [5.41, 5.74) is 15.9. The number of aryl methyl sites for hydroxylation is 1. The predicted octanol–water partition coefficient (Wildman–Crippen LogP) is 12.4. The average Bonchev–Trinajstić information content (AvgIpc) is 3.58. The zero-order valence-electron chi connectivity index (χ0n) is 30.1. The number of hydrogen-bond donors (Lipinski definition) is 0. The van der Waals surface area contributed by atoms with Crippen LogP contribution in [0.1, 0.15) is 62.5 Å². The summed E-state index contributed by atoms with van der Waals surface area (Å²) in [4.78, 5) is 2.34. The van der Waals surface area contributed by atoms with Gasteiger partial charge in [-0.25, -0.2) is 0 Å². The molecule has 7 aromatic rings. The van der Waals surface area contributed by atoms with Gasteiger partial charge in [0.1, 0.15) is 0 Å². The summed E-state index contributed by atoms with van der Waals surface area (Å²) in [5.74, 6) is 0. The van der Waals surface area contributed by atoms with Crippen molar-refractivity contribution in [2.45, 2.75) is 38.0 Å². The molecule has 236 valence electrons. The first-order chi connectivity index (χ1) is 24.7. The smallest absolute Gasteiger partial charge is 0.0714 e. The lowest BCUT2D eigenvalue weighted by molar-refractivity contribution is 0.660. The van der Waals surface area contributed by atoms with Gasteiger partial charge < -0.3 is 4.90 Å². The van der Waals surface area contributed by atoms with E-state index in [1.165, 1.54) is 55.6 Å². The molecule has 9 rings (SSSR count). The molecule has 0 N–H and O–H groups in total. The van der Waals surface area contributed by atoms with Crippen molar-refractivity contribution in [1.29, 1.82) is 0 Å². The highest BCUT2D eigenvalue weighted by atomic mass is 15.1. The molecule has 0 radical (unpaired) electrons. The zero-order chi connectivity index (χ0) is 35.0. The van der Waals surface area contributed by atoms with E-state index < -0.39 is 11.8 Å². The Bertz CT molecular complexity index is 2380. The van der Waals surface area contributed by atoms with E-state index in [2.05, 4.69) is 176 Å². The zero-order valence-corrected chi connectivity index (χ0v) is 28.1. The van der Waals surface area contributed by atoms with E-state index in [9.17, 15) is 0 Å². The molecule has 49 heavy (non-hydrogen) atoms. The number of benzene rings is 7. The van der Waals surface area contributed by atoms with Gasteiger partial charge in [-0.05, 0) is 104 Å². The predicted molar refractivity (Wildman–Crippen MR) is 205 cm³/mol. The highest BCUT2D eigenvalue weighted by Crippen LogP contribution is 2.57. The summed E-state index contributed by atoms with van der Waals surface area (Å²) >= 11 is 0. The van der Waals surface area contributed by atoms with E-state index in [0.29, 0.717) is 5.56 Å². The number of fused-ring (bicyclic) bond motifs is 6. The van der Waals surface area contributed by atoms with E-state index in [1.54, 1.807) is 6.92 Å². The molecule has 0 bridgehead atoms. The molecule has 0 spiro atoms. The third-order valence-electron chi connectivity index (χ3n) is 10.9. The van der Waals surface area contributed by atoms with Gasteiger partial charge in [-0.15, -0.1) is 0 Å². The monoisotopic (exact) mass is 631 g/mol. The topological polar surface area (TPSA) is 3.24 Å². The van der Waals surface area contributed by atoms with Gasteiger partial charge in [0.15, 0.2) is 0 Å². The van der Waals surface area contributed by atoms with Crippen LogP contribution in [0.15, 0.2) is 170 Å². The van der Waals surface area contributed by atoms with Gasteiger partial charge in [0, 0.05) is 25.2 Å². The summed E-state index contributed by atoms with van der Waals surface area (Å²) in [5, 5.41) is 0. The van der Waals surface area contributed by atoms with Crippen LogP contribution in [-0.2, 0) is 17.2 Å². The van der Waals surface area contributed by atoms with Gasteiger partial charge in [-0.3, -0.25) is 0 Å². The Labute approximate surface area is 293 Å². The molecule has 0 amide bonds. The molecule has 0 unspecified atom stereocenters. The maximum atomic E-state index is 8.38. The summed E-state index contributed by atoms with van der Waals surface area (Å²) in [6.45, 7) is 6.25. The minimum atomic E-state index is -1.43. The summed E-state index contributed by atoms with van der Waals surface area (Å²) < 4.78 is 16.8. The van der Waals surface area contributed by atoms with Crippen LogP contribution in [0.5, 0.6) is 0 Å². The second kappa shape index (κ2) is 11.2. The van der Waals surface area contributed by atoms with Crippen molar-refractivity contribution < 1.29 is 2.74 Å². The minimum absolute atomic E-state index is 0.0893. The van der Waals surface area contributed by atoms with Gasteiger partial charge in [0.05, 0.1) is 5.41 Å². The maximum absolute atomic E-state index is 8.38. The molecule has 0 saturated heterocycles. The van der Waals surface area contributed by atoms with Crippen LogP contribution in [0.4, 0.5) is 17.1 Å². The second-order valence-electron chi connectivity index (χ2n) is 13.8. The summed E-state index contributed by atoms with van der Waals surface area (Å²) in [6.07, 6.45) is -1.43. The van der Waals surface area contributed by atoms with Crippen LogP contribution >= 0.6 is 0 Å². The molecule has 1 nitrogen and oxygen atoms in total. The lowest BCUT2D eigenvalue weighted by atomic mass is 9.67. The van der Waals surface area contributed by atoms with E-state index in [4.69, 9.17) is 2.74 Å². The van der Waals surface area contributed by atoms with Crippen LogP contribution in [0.3, 0.4) is 0 Å². The SMILES string of the molecule is [2H]C([2H])(C)c1ccc(N(c2ccc3c(c2)-c2ccccc2C3(C)C)c2ccc3c(c2)C(c2ccccc2)(c2ccccc2)c2ccccc2-3)cc1. The van der Waals surface area contributed by atoms with Crippen molar-refractivity contribution in [2.24, 2.45) is 0 Å². The first-order valence-corrected chi connectivity index (χ1v) is 17.2. The van der Waals surface area contributed by atoms with E-state index in [-0.39, 0.29) is 5.41 Å². The van der Waals surface area contributed by atoms with Crippen molar-refractivity contribution in [2.75, 3.05) is 4.90 Å². The van der Waals surface area contributed by atoms with Crippen LogP contribution in [-0.4, -0.2) is 0 Å². The number of anilines is 3. The third kappa shape index (κ3) is 4.32. The lowest BCUT2D eigenvalue weighted by Crippen LogP contribution is -2.28. The van der Waals surface area contributed by atoms with Gasteiger partial charge in [0.2, 0.25) is 0 Å². The Balaban J connectivity index is 1.31. The quantitative estimate of drug-likeness (QED) is 0.176. The van der Waals surface area contributed by atoms with Crippen LogP contribution < -0.4 is 4.90 Å². The molecule has 7 aromatic carbocycles. The molecule has 0 atom stereocenters. The van der Waals surface area contributed by atoms with Crippen molar-refractivity contribution in [3.8, 4) is 22.3 Å². The molecule has 2 aliphatic rings. The second-order valence-corrected chi connectivity index (χ2v) is 13.8. The molecule has 0 aliphatic heterocycles. The fourth-order valence-electron chi connectivity index (χ4n) is 8.64. The van der Waals surface area contributed by atoms with Gasteiger partial charge in [-0.1, -0.05) is 154 Å². The Morgan fingerprint density at radius 3 is 1.59 bits per heavy atom. The molecular weight excluding hydrogens is 591 g/mol. The fraction of sp³-hybridized carbons (Fsp3) is 0.125. The Morgan fingerprint density at radius 1 is 0.449 bits per heavy atom. The van der Waals surface area contributed by atoms with Gasteiger partial charge in [0.25, 0.3) is 0 Å². The van der Waals surface area contributed by atoms with Crippen LogP contribution in [0.25, 0.3) is 22.3 Å². The highest BCUT2D eigenvalue weighted by Gasteiger charge is 2.46. The molecule has 1 heteroatoms. The summed E-state index contributed by atoms with van der Waals surface area (Å²) in [6, 6.07) is 61.3. The van der Waals surface area contributed by atoms with E-state index >= 15 is 0 Å². The van der Waals surface area contributed by atoms with Gasteiger partial charge >= 0.3 is 0 Å². The lowest BCUT2D eigenvalue weighted by Gasteiger charge is -2.35. The Hall–Kier alpha value is -5.66. The van der Waals surface area contributed by atoms with Crippen molar-refractivity contribution in [3.05, 3.63) is 209 Å². The number of hydrogen-bond acceptors (Lipinski definition) is 1. The van der Waals surface area contributed by atoms with E-state index in [1.807, 2.05) is 12.1 Å². The third-order valence-corrected chi connectivity index (χ3v) is 10.9. The number of rotatable bonds is 6. The fourth-order valence-corrected chi connectivity index (χ4v) is 8.64. The van der Waals surface area contributed by atoms with Crippen molar-refractivity contribution in [1.82, 2.24) is 0 Å². The van der Waals surface area contributed by atoms with Gasteiger partial charge in [-0.2, -0.15) is 0 Å². The molecule has 0 aromatic heterocycles. The van der Waals surface area contributed by atoms with Crippen molar-refractivity contribution >= 4 is 17.1 Å². The molecule has 0 fully saturated rings. The molecule has 2 aliphatic carbocycles. The summed E-state index contributed by atoms with van der Waals surface area (Å²) in [7, 11) is 0. The number of nitrogens with zero attached hydrogens (tertiary/aromatic N) is 1. The first-order valence-electron chi connectivity index (χ1n) is 18.2. The van der Waals surface area contributed by atoms with Crippen molar-refractivity contribution in [3.63, 3.8) is 0 Å². The van der Waals surface area contributed by atoms with E-state index in [0.717, 1.165) is 17.1 Å². The maximum Gasteiger partial charge on any atom is 0.0714 e. The molecule has 0 heterocycles. The largest absolute Gasteiger partial charge is 0.310 e. The van der Waals surface area contributed by atoms with Crippen LogP contribution in [0, 0.1) is 0 Å². The average molecular weight is 632 g/mol. The molecule has 0 saturated carbocycles. The normalized spacial score (nSPS) is 15.3.